The van der Waals surface area contributed by atoms with Gasteiger partial charge in [-0.1, -0.05) is 36.4 Å². The summed E-state index contributed by atoms with van der Waals surface area (Å²) in [6.45, 7) is 1.93. The van der Waals surface area contributed by atoms with E-state index in [1.54, 1.807) is 6.26 Å². The third-order valence-electron chi connectivity index (χ3n) is 3.21. The molecule has 4 heteroatoms. The summed E-state index contributed by atoms with van der Waals surface area (Å²) in [5, 5.41) is 3.29. The van der Waals surface area contributed by atoms with E-state index in [0.717, 1.165) is 31.7 Å². The van der Waals surface area contributed by atoms with Crippen molar-refractivity contribution in [1.29, 1.82) is 0 Å². The van der Waals surface area contributed by atoms with Gasteiger partial charge in [0, 0.05) is 13.0 Å². The van der Waals surface area contributed by atoms with Crippen molar-refractivity contribution in [3.8, 4) is 0 Å². The van der Waals surface area contributed by atoms with E-state index in [1.165, 1.54) is 11.1 Å². The fraction of sp³-hybridized carbons (Fsp3) is 0.333. The molecule has 0 saturated heterocycles. The van der Waals surface area contributed by atoms with Crippen molar-refractivity contribution < 1.29 is 9.47 Å². The average molecular weight is 280 g/mol. The second-order valence-corrected chi connectivity index (χ2v) is 4.54. The second-order valence-electron chi connectivity index (χ2n) is 4.54. The van der Waals surface area contributed by atoms with Gasteiger partial charge >= 0.3 is 0 Å². The lowest BCUT2D eigenvalue weighted by Gasteiger charge is -2.16. The van der Waals surface area contributed by atoms with Gasteiger partial charge in [0.05, 0.1) is 0 Å². The number of benzene rings is 1. The van der Waals surface area contributed by atoms with E-state index in [2.05, 4.69) is 23.5 Å². The Hall–Kier alpha value is -1.45. The number of hydrogen-bond acceptors (Lipinski definition) is 3. The lowest BCUT2D eigenvalue weighted by atomic mass is 10.1. The van der Waals surface area contributed by atoms with E-state index in [0.29, 0.717) is 0 Å². The molecule has 2 aliphatic heterocycles. The molecule has 102 valence electrons. The summed E-state index contributed by atoms with van der Waals surface area (Å²) >= 11 is 0. The summed E-state index contributed by atoms with van der Waals surface area (Å²) in [7, 11) is 0. The lowest BCUT2D eigenvalue weighted by molar-refractivity contribution is -0.0281. The first-order valence-corrected chi connectivity index (χ1v) is 6.38. The summed E-state index contributed by atoms with van der Waals surface area (Å²) in [6.07, 6.45) is 5.53. The predicted octanol–water partition coefficient (Wildman–Crippen LogP) is 2.78. The zero-order valence-electron chi connectivity index (χ0n) is 10.7. The molecule has 3 rings (SSSR count). The smallest absolute Gasteiger partial charge is 0.244 e. The monoisotopic (exact) mass is 279 g/mol. The van der Waals surface area contributed by atoms with Gasteiger partial charge in [-0.3, -0.25) is 0 Å². The highest BCUT2D eigenvalue weighted by Crippen LogP contribution is 2.26. The average Bonchev–Trinajstić information content (AvgIpc) is 2.89. The number of ether oxygens (including phenoxy) is 2. The molecule has 0 radical (unpaired) electrons. The summed E-state index contributed by atoms with van der Waals surface area (Å²) in [5.41, 5.74) is 2.49. The topological polar surface area (TPSA) is 30.5 Å². The Labute approximate surface area is 119 Å². The Morgan fingerprint density at radius 2 is 2.05 bits per heavy atom. The van der Waals surface area contributed by atoms with Crippen LogP contribution in [-0.2, 0) is 15.9 Å². The Kier molecular flexibility index (Phi) is 4.88. The minimum Gasteiger partial charge on any atom is -0.458 e. The molecule has 0 aliphatic carbocycles. The second kappa shape index (κ2) is 6.64. The van der Waals surface area contributed by atoms with Crippen molar-refractivity contribution in [3.63, 3.8) is 0 Å². The largest absolute Gasteiger partial charge is 0.458 e. The molecule has 2 aliphatic rings. The molecule has 2 heterocycles. The van der Waals surface area contributed by atoms with Crippen LogP contribution in [0.4, 0.5) is 0 Å². The third kappa shape index (κ3) is 3.52. The minimum absolute atomic E-state index is 0. The van der Waals surface area contributed by atoms with E-state index in [9.17, 15) is 0 Å². The molecule has 0 spiro atoms. The van der Waals surface area contributed by atoms with E-state index < -0.39 is 0 Å². The number of allylic oxidation sites excluding steroid dienone is 1. The van der Waals surface area contributed by atoms with Gasteiger partial charge in [-0.2, -0.15) is 0 Å². The van der Waals surface area contributed by atoms with Crippen molar-refractivity contribution in [3.05, 3.63) is 59.6 Å². The molecule has 0 amide bonds. The van der Waals surface area contributed by atoms with Crippen molar-refractivity contribution in [2.45, 2.75) is 19.1 Å². The molecule has 19 heavy (non-hydrogen) atoms. The Morgan fingerprint density at radius 3 is 2.79 bits per heavy atom. The third-order valence-corrected chi connectivity index (χ3v) is 3.21. The molecule has 0 aromatic heterocycles. The minimum atomic E-state index is -0.182. The van der Waals surface area contributed by atoms with Crippen LogP contribution in [0, 0.1) is 0 Å². The van der Waals surface area contributed by atoms with Crippen LogP contribution in [0.1, 0.15) is 12.0 Å². The van der Waals surface area contributed by atoms with E-state index >= 15 is 0 Å². The molecular formula is C15H18ClNO2. The quantitative estimate of drug-likeness (QED) is 0.923. The molecular weight excluding hydrogens is 262 g/mol. The first-order chi connectivity index (χ1) is 8.92. The maximum atomic E-state index is 5.85. The molecule has 1 atom stereocenters. The Morgan fingerprint density at radius 1 is 1.21 bits per heavy atom. The lowest BCUT2D eigenvalue weighted by Crippen LogP contribution is -2.21. The van der Waals surface area contributed by atoms with Crippen molar-refractivity contribution in [1.82, 2.24) is 5.32 Å². The van der Waals surface area contributed by atoms with E-state index in [4.69, 9.17) is 9.47 Å². The van der Waals surface area contributed by atoms with E-state index in [1.807, 2.05) is 18.2 Å². The number of rotatable bonds is 3. The Bertz CT molecular complexity index is 470. The van der Waals surface area contributed by atoms with Crippen molar-refractivity contribution in [2.75, 3.05) is 13.1 Å². The van der Waals surface area contributed by atoms with Gasteiger partial charge in [-0.05, 0) is 24.1 Å². The standard InChI is InChI=1S/C15H17NO2.ClH/c1-2-4-12(5-3-1)10-15-17-11-14(18-15)13-6-8-16-9-7-13;/h1-6,11,15-16H,7-10H2;1H. The zero-order chi connectivity index (χ0) is 12.2. The van der Waals surface area contributed by atoms with Gasteiger partial charge < -0.3 is 14.8 Å². The highest BCUT2D eigenvalue weighted by atomic mass is 35.5. The summed E-state index contributed by atoms with van der Waals surface area (Å²) < 4.78 is 11.4. The molecule has 1 aromatic carbocycles. The first kappa shape index (κ1) is 14.0. The highest BCUT2D eigenvalue weighted by Gasteiger charge is 2.22. The number of halogens is 1. The van der Waals surface area contributed by atoms with Crippen LogP contribution in [0.15, 0.2) is 54.0 Å². The number of hydrogen-bond donors (Lipinski definition) is 1. The van der Waals surface area contributed by atoms with Crippen LogP contribution in [0.2, 0.25) is 0 Å². The van der Waals surface area contributed by atoms with Crippen LogP contribution in [-0.4, -0.2) is 19.4 Å². The van der Waals surface area contributed by atoms with Crippen LogP contribution >= 0.6 is 12.4 Å². The van der Waals surface area contributed by atoms with Crippen LogP contribution < -0.4 is 5.32 Å². The maximum absolute atomic E-state index is 5.85. The molecule has 0 bridgehead atoms. The Balaban J connectivity index is 0.00000133. The van der Waals surface area contributed by atoms with Gasteiger partial charge in [0.2, 0.25) is 6.29 Å². The highest BCUT2D eigenvalue weighted by molar-refractivity contribution is 5.85. The summed E-state index contributed by atoms with van der Waals surface area (Å²) in [5.74, 6) is 0.900. The van der Waals surface area contributed by atoms with Gasteiger partial charge in [-0.25, -0.2) is 0 Å². The molecule has 1 N–H and O–H groups in total. The molecule has 0 saturated carbocycles. The molecule has 1 aromatic rings. The van der Waals surface area contributed by atoms with Crippen LogP contribution in [0.3, 0.4) is 0 Å². The fourth-order valence-corrected chi connectivity index (χ4v) is 2.23. The maximum Gasteiger partial charge on any atom is 0.244 e. The van der Waals surface area contributed by atoms with E-state index in [-0.39, 0.29) is 18.7 Å². The predicted molar refractivity (Wildman–Crippen MR) is 77.0 cm³/mol. The van der Waals surface area contributed by atoms with Crippen molar-refractivity contribution in [2.24, 2.45) is 0 Å². The summed E-state index contributed by atoms with van der Waals surface area (Å²) in [6, 6.07) is 10.3. The van der Waals surface area contributed by atoms with Gasteiger partial charge in [0.25, 0.3) is 0 Å². The normalized spacial score (nSPS) is 21.6. The molecule has 0 fully saturated rings. The van der Waals surface area contributed by atoms with Gasteiger partial charge in [-0.15, -0.1) is 12.4 Å². The van der Waals surface area contributed by atoms with Crippen LogP contribution in [0.5, 0.6) is 0 Å². The summed E-state index contributed by atoms with van der Waals surface area (Å²) in [4.78, 5) is 0. The first-order valence-electron chi connectivity index (χ1n) is 6.38. The number of nitrogens with one attached hydrogen (secondary N) is 1. The SMILES string of the molecule is C1=C(C2=COC(Cc3ccccc3)O2)CCNC1.Cl. The van der Waals surface area contributed by atoms with Crippen molar-refractivity contribution >= 4 is 12.4 Å². The molecule has 1 unspecified atom stereocenters. The fourth-order valence-electron chi connectivity index (χ4n) is 2.23. The van der Waals surface area contributed by atoms with Gasteiger partial charge in [0.15, 0.2) is 5.76 Å². The molecule has 3 nitrogen and oxygen atoms in total. The van der Waals surface area contributed by atoms with Gasteiger partial charge in [0.1, 0.15) is 6.26 Å². The van der Waals surface area contributed by atoms with Crippen LogP contribution in [0.25, 0.3) is 0 Å². The zero-order valence-corrected chi connectivity index (χ0v) is 11.5.